The topological polar surface area (TPSA) is 86.2 Å². The molecular formula is C11H12N2O3. The molecule has 5 heteroatoms. The van der Waals surface area contributed by atoms with Gasteiger partial charge in [-0.05, 0) is 18.6 Å². The first-order chi connectivity index (χ1) is 7.63. The molecule has 1 unspecified atom stereocenters. The van der Waals surface area contributed by atoms with Crippen molar-refractivity contribution in [1.29, 1.82) is 0 Å². The standard InChI is InChI=1S/C11H12N2O3/c1-2-7(11(15)16)10-8-4-3-6(14)5-9(8)12-13-10/h3-5,7,14H,2H2,1H3,(H,12,13)(H,15,16). The van der Waals surface area contributed by atoms with Gasteiger partial charge in [-0.2, -0.15) is 5.10 Å². The van der Waals surface area contributed by atoms with Crippen LogP contribution in [0.25, 0.3) is 10.9 Å². The predicted molar refractivity (Wildman–Crippen MR) is 58.4 cm³/mol. The molecule has 0 amide bonds. The van der Waals surface area contributed by atoms with E-state index in [1.807, 2.05) is 6.92 Å². The lowest BCUT2D eigenvalue weighted by atomic mass is 9.99. The van der Waals surface area contributed by atoms with Gasteiger partial charge in [-0.15, -0.1) is 0 Å². The molecule has 0 saturated carbocycles. The minimum Gasteiger partial charge on any atom is -0.508 e. The maximum absolute atomic E-state index is 11.0. The third kappa shape index (κ3) is 1.60. The first kappa shape index (κ1) is 10.5. The van der Waals surface area contributed by atoms with Crippen molar-refractivity contribution in [2.75, 3.05) is 0 Å². The number of nitrogens with one attached hydrogen (secondary N) is 1. The van der Waals surface area contributed by atoms with E-state index in [1.54, 1.807) is 6.07 Å². The summed E-state index contributed by atoms with van der Waals surface area (Å²) >= 11 is 0. The van der Waals surface area contributed by atoms with E-state index in [9.17, 15) is 9.90 Å². The summed E-state index contributed by atoms with van der Waals surface area (Å²) in [6.07, 6.45) is 0.494. The Balaban J connectivity index is 2.57. The Morgan fingerprint density at radius 1 is 1.56 bits per heavy atom. The summed E-state index contributed by atoms with van der Waals surface area (Å²) in [4.78, 5) is 11.0. The monoisotopic (exact) mass is 220 g/mol. The van der Waals surface area contributed by atoms with Crippen LogP contribution in [0.5, 0.6) is 5.75 Å². The molecule has 0 bridgehead atoms. The molecule has 2 rings (SSSR count). The Bertz CT molecular complexity index is 533. The molecule has 2 aromatic rings. The number of benzene rings is 1. The third-order valence-corrected chi connectivity index (χ3v) is 2.62. The summed E-state index contributed by atoms with van der Waals surface area (Å²) in [6.45, 7) is 1.81. The van der Waals surface area contributed by atoms with Crippen molar-refractivity contribution in [2.45, 2.75) is 19.3 Å². The zero-order valence-corrected chi connectivity index (χ0v) is 8.77. The Morgan fingerprint density at radius 2 is 2.31 bits per heavy atom. The molecule has 0 aliphatic carbocycles. The van der Waals surface area contributed by atoms with Gasteiger partial charge in [0.25, 0.3) is 0 Å². The predicted octanol–water partition coefficient (Wildman–Crippen LogP) is 1.85. The molecule has 0 fully saturated rings. The Kier molecular flexibility index (Phi) is 2.52. The number of H-pyrrole nitrogens is 1. The summed E-state index contributed by atoms with van der Waals surface area (Å²) in [5.74, 6) is -1.34. The highest BCUT2D eigenvalue weighted by Crippen LogP contribution is 2.27. The molecule has 1 aromatic heterocycles. The molecule has 1 heterocycles. The number of nitrogens with zero attached hydrogens (tertiary/aromatic N) is 1. The van der Waals surface area contributed by atoms with Crippen LogP contribution in [-0.4, -0.2) is 26.4 Å². The van der Waals surface area contributed by atoms with Gasteiger partial charge in [-0.1, -0.05) is 6.92 Å². The molecule has 0 spiro atoms. The number of carboxylic acids is 1. The van der Waals surface area contributed by atoms with Crippen molar-refractivity contribution in [3.05, 3.63) is 23.9 Å². The van der Waals surface area contributed by atoms with Crippen LogP contribution < -0.4 is 0 Å². The fourth-order valence-electron chi connectivity index (χ4n) is 1.79. The van der Waals surface area contributed by atoms with Crippen LogP contribution in [0.4, 0.5) is 0 Å². The first-order valence-electron chi connectivity index (χ1n) is 5.03. The molecule has 1 aromatic carbocycles. The van der Waals surface area contributed by atoms with Gasteiger partial charge >= 0.3 is 5.97 Å². The lowest BCUT2D eigenvalue weighted by Crippen LogP contribution is -2.11. The summed E-state index contributed by atoms with van der Waals surface area (Å²) < 4.78 is 0. The molecule has 0 radical (unpaired) electrons. The Morgan fingerprint density at radius 3 is 2.94 bits per heavy atom. The van der Waals surface area contributed by atoms with E-state index in [0.717, 1.165) is 5.39 Å². The average Bonchev–Trinajstić information content (AvgIpc) is 2.62. The number of hydrogen-bond acceptors (Lipinski definition) is 3. The number of aromatic hydroxyl groups is 1. The molecule has 84 valence electrons. The van der Waals surface area contributed by atoms with Gasteiger partial charge in [-0.25, -0.2) is 0 Å². The Hall–Kier alpha value is -2.04. The van der Waals surface area contributed by atoms with E-state index in [0.29, 0.717) is 17.6 Å². The van der Waals surface area contributed by atoms with E-state index in [1.165, 1.54) is 12.1 Å². The maximum atomic E-state index is 11.0. The zero-order chi connectivity index (χ0) is 11.7. The minimum atomic E-state index is -0.874. The van der Waals surface area contributed by atoms with E-state index in [-0.39, 0.29) is 5.75 Å². The lowest BCUT2D eigenvalue weighted by molar-refractivity contribution is -0.138. The normalized spacial score (nSPS) is 12.8. The second-order valence-electron chi connectivity index (χ2n) is 3.64. The van der Waals surface area contributed by atoms with Crippen molar-refractivity contribution in [1.82, 2.24) is 10.2 Å². The number of carbonyl (C=O) groups is 1. The zero-order valence-electron chi connectivity index (χ0n) is 8.77. The molecule has 0 saturated heterocycles. The summed E-state index contributed by atoms with van der Waals surface area (Å²) in [5.41, 5.74) is 1.17. The van der Waals surface area contributed by atoms with Crippen molar-refractivity contribution < 1.29 is 15.0 Å². The number of phenolic OH excluding ortho intramolecular Hbond substituents is 1. The van der Waals surface area contributed by atoms with Crippen LogP contribution in [0.2, 0.25) is 0 Å². The van der Waals surface area contributed by atoms with Crippen molar-refractivity contribution in [3.63, 3.8) is 0 Å². The Labute approximate surface area is 91.7 Å². The third-order valence-electron chi connectivity index (χ3n) is 2.62. The fourth-order valence-corrected chi connectivity index (χ4v) is 1.79. The molecular weight excluding hydrogens is 208 g/mol. The minimum absolute atomic E-state index is 0.119. The fraction of sp³-hybridized carbons (Fsp3) is 0.273. The van der Waals surface area contributed by atoms with Gasteiger partial charge in [0, 0.05) is 11.5 Å². The molecule has 5 nitrogen and oxygen atoms in total. The van der Waals surface area contributed by atoms with E-state index < -0.39 is 11.9 Å². The maximum Gasteiger partial charge on any atom is 0.312 e. The second-order valence-corrected chi connectivity index (χ2v) is 3.64. The molecule has 0 aliphatic heterocycles. The quantitative estimate of drug-likeness (QED) is 0.736. The van der Waals surface area contributed by atoms with E-state index in [2.05, 4.69) is 10.2 Å². The van der Waals surface area contributed by atoms with E-state index in [4.69, 9.17) is 5.11 Å². The van der Waals surface area contributed by atoms with Gasteiger partial charge in [0.15, 0.2) is 0 Å². The number of fused-ring (bicyclic) bond motifs is 1. The lowest BCUT2D eigenvalue weighted by Gasteiger charge is -2.07. The first-order valence-corrected chi connectivity index (χ1v) is 5.03. The number of hydrogen-bond donors (Lipinski definition) is 3. The molecule has 16 heavy (non-hydrogen) atoms. The second kappa shape index (κ2) is 3.84. The van der Waals surface area contributed by atoms with Gasteiger partial charge in [-0.3, -0.25) is 9.89 Å². The summed E-state index contributed by atoms with van der Waals surface area (Å²) in [5, 5.41) is 25.8. The van der Waals surface area contributed by atoms with Crippen LogP contribution >= 0.6 is 0 Å². The number of aliphatic carboxylic acids is 1. The highest BCUT2D eigenvalue weighted by atomic mass is 16.4. The number of phenols is 1. The van der Waals surface area contributed by atoms with Gasteiger partial charge in [0.1, 0.15) is 5.75 Å². The number of aromatic amines is 1. The number of carboxylic acid groups (broad SMARTS) is 1. The average molecular weight is 220 g/mol. The van der Waals surface area contributed by atoms with Crippen LogP contribution in [0.15, 0.2) is 18.2 Å². The van der Waals surface area contributed by atoms with Crippen LogP contribution in [0.3, 0.4) is 0 Å². The van der Waals surface area contributed by atoms with Crippen LogP contribution in [0.1, 0.15) is 25.0 Å². The highest BCUT2D eigenvalue weighted by molar-refractivity contribution is 5.88. The SMILES string of the molecule is CCC(C(=O)O)c1[nH]nc2cc(O)ccc12. The number of aromatic nitrogens is 2. The van der Waals surface area contributed by atoms with Crippen molar-refractivity contribution in [3.8, 4) is 5.75 Å². The molecule has 0 aliphatic rings. The van der Waals surface area contributed by atoms with Crippen molar-refractivity contribution in [2.24, 2.45) is 0 Å². The van der Waals surface area contributed by atoms with Crippen molar-refractivity contribution >= 4 is 16.9 Å². The summed E-state index contributed by atoms with van der Waals surface area (Å²) in [6, 6.07) is 4.70. The van der Waals surface area contributed by atoms with Crippen LogP contribution in [-0.2, 0) is 4.79 Å². The van der Waals surface area contributed by atoms with E-state index >= 15 is 0 Å². The van der Waals surface area contributed by atoms with Gasteiger partial charge in [0.2, 0.25) is 0 Å². The van der Waals surface area contributed by atoms with Gasteiger partial charge < -0.3 is 10.2 Å². The number of rotatable bonds is 3. The van der Waals surface area contributed by atoms with Crippen LogP contribution in [0, 0.1) is 0 Å². The largest absolute Gasteiger partial charge is 0.508 e. The summed E-state index contributed by atoms with van der Waals surface area (Å²) in [7, 11) is 0. The molecule has 1 atom stereocenters. The smallest absolute Gasteiger partial charge is 0.312 e. The molecule has 3 N–H and O–H groups in total. The highest BCUT2D eigenvalue weighted by Gasteiger charge is 2.22. The van der Waals surface area contributed by atoms with Gasteiger partial charge in [0.05, 0.1) is 17.1 Å².